The second kappa shape index (κ2) is 3.92. The average Bonchev–Trinajstić information content (AvgIpc) is 2.19. The Morgan fingerprint density at radius 1 is 1.43 bits per heavy atom. The highest BCUT2D eigenvalue weighted by Gasteiger charge is 2.18. The number of aliphatic hydroxyl groups excluding tert-OH is 1. The Bertz CT molecular complexity index is 308. The van der Waals surface area contributed by atoms with Gasteiger partial charge in [0.2, 0.25) is 0 Å². The van der Waals surface area contributed by atoms with Crippen LogP contribution >= 0.6 is 0 Å². The molecule has 76 valence electrons. The minimum atomic E-state index is -0.135. The lowest BCUT2D eigenvalue weighted by Crippen LogP contribution is -2.36. The first-order valence-corrected chi connectivity index (χ1v) is 4.98. The Labute approximate surface area is 83.6 Å². The normalized spacial score (nSPS) is 18.6. The zero-order valence-electron chi connectivity index (χ0n) is 8.35. The molecule has 0 atom stereocenters. The molecule has 0 spiro atoms. The Morgan fingerprint density at radius 2 is 2.14 bits per heavy atom. The molecule has 4 heteroatoms. The molecule has 0 bridgehead atoms. The van der Waals surface area contributed by atoms with Gasteiger partial charge < -0.3 is 10.0 Å². The van der Waals surface area contributed by atoms with Crippen LogP contribution in [0.3, 0.4) is 0 Å². The molecule has 4 nitrogen and oxygen atoms in total. The molecule has 1 fully saturated rings. The summed E-state index contributed by atoms with van der Waals surface area (Å²) < 4.78 is 0. The van der Waals surface area contributed by atoms with E-state index in [1.807, 2.05) is 13.0 Å². The maximum atomic E-state index is 9.37. The van der Waals surface area contributed by atoms with Crippen molar-refractivity contribution >= 4 is 5.82 Å². The van der Waals surface area contributed by atoms with Gasteiger partial charge in [0.05, 0.1) is 12.3 Å². The van der Waals surface area contributed by atoms with Gasteiger partial charge in [-0.05, 0) is 31.4 Å². The summed E-state index contributed by atoms with van der Waals surface area (Å²) in [6.07, 6.45) is 3.28. The van der Waals surface area contributed by atoms with Crippen molar-refractivity contribution in [3.05, 3.63) is 17.8 Å². The van der Waals surface area contributed by atoms with Crippen LogP contribution in [-0.4, -0.2) is 34.5 Å². The van der Waals surface area contributed by atoms with E-state index in [0.717, 1.165) is 37.3 Å². The molecule has 0 unspecified atom stereocenters. The van der Waals surface area contributed by atoms with Crippen molar-refractivity contribution in [1.29, 1.82) is 0 Å². The van der Waals surface area contributed by atoms with Gasteiger partial charge in [-0.2, -0.15) is 5.10 Å². The lowest BCUT2D eigenvalue weighted by molar-refractivity contribution is 0.145. The molecule has 1 aliphatic rings. The van der Waals surface area contributed by atoms with Crippen LogP contribution in [0.2, 0.25) is 0 Å². The maximum Gasteiger partial charge on any atom is 0.151 e. The highest BCUT2D eigenvalue weighted by Crippen LogP contribution is 2.17. The van der Waals surface area contributed by atoms with Crippen molar-refractivity contribution in [1.82, 2.24) is 10.2 Å². The van der Waals surface area contributed by atoms with Crippen molar-refractivity contribution in [2.45, 2.75) is 25.9 Å². The van der Waals surface area contributed by atoms with Crippen LogP contribution < -0.4 is 4.90 Å². The molecule has 2 rings (SSSR count). The number of anilines is 1. The predicted octanol–water partition coefficient (Wildman–Crippen LogP) is 0.746. The summed E-state index contributed by atoms with van der Waals surface area (Å²) >= 11 is 0. The fourth-order valence-corrected chi connectivity index (χ4v) is 1.70. The van der Waals surface area contributed by atoms with Gasteiger partial charge in [0.25, 0.3) is 0 Å². The SMILES string of the molecule is Cc1cnnc(N2CCC(O)CC2)c1. The number of piperidine rings is 1. The third-order valence-electron chi connectivity index (χ3n) is 2.57. The summed E-state index contributed by atoms with van der Waals surface area (Å²) in [5.41, 5.74) is 1.13. The molecule has 1 saturated heterocycles. The summed E-state index contributed by atoms with van der Waals surface area (Å²) in [5.74, 6) is 0.928. The Hall–Kier alpha value is -1.16. The molecule has 1 aliphatic heterocycles. The lowest BCUT2D eigenvalue weighted by atomic mass is 10.1. The standard InChI is InChI=1S/C10H15N3O/c1-8-6-10(12-11-7-8)13-4-2-9(14)3-5-13/h6-7,9,14H,2-5H2,1H3. The van der Waals surface area contributed by atoms with Gasteiger partial charge in [0, 0.05) is 13.1 Å². The van der Waals surface area contributed by atoms with Crippen molar-refractivity contribution in [3.63, 3.8) is 0 Å². The highest BCUT2D eigenvalue weighted by molar-refractivity contribution is 5.39. The summed E-state index contributed by atoms with van der Waals surface area (Å²) in [7, 11) is 0. The average molecular weight is 193 g/mol. The molecular formula is C10H15N3O. The van der Waals surface area contributed by atoms with Crippen LogP contribution in [0, 0.1) is 6.92 Å². The number of rotatable bonds is 1. The second-order valence-corrected chi connectivity index (χ2v) is 3.81. The molecule has 1 aromatic heterocycles. The Balaban J connectivity index is 2.08. The molecule has 0 aliphatic carbocycles. The van der Waals surface area contributed by atoms with E-state index in [1.165, 1.54) is 0 Å². The van der Waals surface area contributed by atoms with Crippen molar-refractivity contribution in [3.8, 4) is 0 Å². The third-order valence-corrected chi connectivity index (χ3v) is 2.57. The monoisotopic (exact) mass is 193 g/mol. The first kappa shape index (κ1) is 9.40. The molecule has 1 aromatic rings. The van der Waals surface area contributed by atoms with E-state index in [4.69, 9.17) is 0 Å². The van der Waals surface area contributed by atoms with Gasteiger partial charge in [0.1, 0.15) is 0 Å². The molecular weight excluding hydrogens is 178 g/mol. The van der Waals surface area contributed by atoms with Gasteiger partial charge >= 0.3 is 0 Å². The van der Waals surface area contributed by atoms with Crippen LogP contribution in [0.25, 0.3) is 0 Å². The number of aryl methyl sites for hydroxylation is 1. The zero-order chi connectivity index (χ0) is 9.97. The number of aliphatic hydroxyl groups is 1. The molecule has 0 saturated carbocycles. The number of hydrogen-bond acceptors (Lipinski definition) is 4. The highest BCUT2D eigenvalue weighted by atomic mass is 16.3. The topological polar surface area (TPSA) is 49.2 Å². The van der Waals surface area contributed by atoms with Gasteiger partial charge in [0.15, 0.2) is 5.82 Å². The minimum Gasteiger partial charge on any atom is -0.393 e. The smallest absolute Gasteiger partial charge is 0.151 e. The number of nitrogens with zero attached hydrogens (tertiary/aromatic N) is 3. The Morgan fingerprint density at radius 3 is 2.79 bits per heavy atom. The van der Waals surface area contributed by atoms with Crippen LogP contribution in [-0.2, 0) is 0 Å². The molecule has 2 heterocycles. The quantitative estimate of drug-likeness (QED) is 0.715. The van der Waals surface area contributed by atoms with E-state index in [1.54, 1.807) is 6.20 Å². The summed E-state index contributed by atoms with van der Waals surface area (Å²) in [6, 6.07) is 2.03. The first-order valence-electron chi connectivity index (χ1n) is 4.98. The lowest BCUT2D eigenvalue weighted by Gasteiger charge is -2.30. The Kier molecular flexibility index (Phi) is 2.63. The third kappa shape index (κ3) is 2.01. The van der Waals surface area contributed by atoms with E-state index in [-0.39, 0.29) is 6.10 Å². The largest absolute Gasteiger partial charge is 0.393 e. The van der Waals surface area contributed by atoms with Gasteiger partial charge in [-0.3, -0.25) is 0 Å². The van der Waals surface area contributed by atoms with E-state index in [0.29, 0.717) is 0 Å². The molecule has 0 amide bonds. The van der Waals surface area contributed by atoms with Crippen LogP contribution in [0.5, 0.6) is 0 Å². The van der Waals surface area contributed by atoms with Gasteiger partial charge in [-0.15, -0.1) is 5.10 Å². The second-order valence-electron chi connectivity index (χ2n) is 3.81. The fourth-order valence-electron chi connectivity index (χ4n) is 1.70. The van der Waals surface area contributed by atoms with Gasteiger partial charge in [-0.1, -0.05) is 0 Å². The predicted molar refractivity (Wildman–Crippen MR) is 54.2 cm³/mol. The zero-order valence-corrected chi connectivity index (χ0v) is 8.35. The number of aromatic nitrogens is 2. The number of hydrogen-bond donors (Lipinski definition) is 1. The summed E-state index contributed by atoms with van der Waals surface area (Å²) in [4.78, 5) is 2.17. The fraction of sp³-hybridized carbons (Fsp3) is 0.600. The first-order chi connectivity index (χ1) is 6.75. The van der Waals surface area contributed by atoms with Gasteiger partial charge in [-0.25, -0.2) is 0 Å². The summed E-state index contributed by atoms with van der Waals surface area (Å²) in [6.45, 7) is 3.76. The van der Waals surface area contributed by atoms with E-state index in [2.05, 4.69) is 15.1 Å². The van der Waals surface area contributed by atoms with E-state index >= 15 is 0 Å². The molecule has 0 radical (unpaired) electrons. The molecule has 0 aromatic carbocycles. The molecule has 14 heavy (non-hydrogen) atoms. The van der Waals surface area contributed by atoms with Crippen molar-refractivity contribution < 1.29 is 5.11 Å². The van der Waals surface area contributed by atoms with E-state index < -0.39 is 0 Å². The molecule has 1 N–H and O–H groups in total. The maximum absolute atomic E-state index is 9.37. The van der Waals surface area contributed by atoms with Crippen molar-refractivity contribution in [2.75, 3.05) is 18.0 Å². The van der Waals surface area contributed by atoms with E-state index in [9.17, 15) is 5.11 Å². The minimum absolute atomic E-state index is 0.135. The van der Waals surface area contributed by atoms with Crippen molar-refractivity contribution in [2.24, 2.45) is 0 Å². The van der Waals surface area contributed by atoms with Crippen LogP contribution in [0.15, 0.2) is 12.3 Å². The van der Waals surface area contributed by atoms with Crippen LogP contribution in [0.4, 0.5) is 5.82 Å². The van der Waals surface area contributed by atoms with Crippen LogP contribution in [0.1, 0.15) is 18.4 Å². The summed E-state index contributed by atoms with van der Waals surface area (Å²) in [5, 5.41) is 17.4.